The summed E-state index contributed by atoms with van der Waals surface area (Å²) in [5, 5.41) is 3.06. The van der Waals surface area contributed by atoms with Crippen LogP contribution < -0.4 is 10.1 Å². The third-order valence-electron chi connectivity index (χ3n) is 4.34. The van der Waals surface area contributed by atoms with Crippen molar-refractivity contribution in [2.45, 2.75) is 47.0 Å². The van der Waals surface area contributed by atoms with Crippen LogP contribution in [0.5, 0.6) is 5.75 Å². The number of anilines is 2. The van der Waals surface area contributed by atoms with Gasteiger partial charge in [0.2, 0.25) is 5.28 Å². The van der Waals surface area contributed by atoms with E-state index in [1.807, 2.05) is 0 Å². The Morgan fingerprint density at radius 1 is 1.25 bits per heavy atom. The van der Waals surface area contributed by atoms with Crippen molar-refractivity contribution in [3.8, 4) is 5.75 Å². The molecular formula is C21H26ClN3O3. The summed E-state index contributed by atoms with van der Waals surface area (Å²) in [5.41, 5.74) is 1.20. The van der Waals surface area contributed by atoms with Crippen LogP contribution in [0.25, 0.3) is 0 Å². The minimum absolute atomic E-state index is 0.00836. The Kier molecular flexibility index (Phi) is 7.93. The second-order valence-corrected chi connectivity index (χ2v) is 7.21. The largest absolute Gasteiger partial charge is 0.492 e. The molecule has 2 rings (SSSR count). The smallest absolute Gasteiger partial charge is 0.224 e. The zero-order valence-corrected chi connectivity index (χ0v) is 17.5. The highest BCUT2D eigenvalue weighted by Crippen LogP contribution is 2.31. The van der Waals surface area contributed by atoms with Crippen molar-refractivity contribution in [3.05, 3.63) is 40.8 Å². The average Bonchev–Trinajstić information content (AvgIpc) is 2.64. The van der Waals surface area contributed by atoms with E-state index in [-0.39, 0.29) is 22.7 Å². The number of nitrogens with zero attached hydrogens (tertiary/aromatic N) is 2. The van der Waals surface area contributed by atoms with Gasteiger partial charge in [-0.2, -0.15) is 4.98 Å². The van der Waals surface area contributed by atoms with Crippen LogP contribution in [0.2, 0.25) is 5.28 Å². The highest BCUT2D eigenvalue weighted by molar-refractivity contribution is 6.28. The number of unbranched alkanes of at least 4 members (excludes halogenated alkanes) is 1. The van der Waals surface area contributed by atoms with E-state index in [0.29, 0.717) is 35.1 Å². The zero-order chi connectivity index (χ0) is 20.7. The van der Waals surface area contributed by atoms with Crippen molar-refractivity contribution in [1.82, 2.24) is 9.97 Å². The number of halogens is 1. The lowest BCUT2D eigenvalue weighted by atomic mass is 10.1. The summed E-state index contributed by atoms with van der Waals surface area (Å²) in [4.78, 5) is 32.1. The molecule has 0 bridgehead atoms. The van der Waals surface area contributed by atoms with Gasteiger partial charge in [0.1, 0.15) is 11.6 Å². The fraction of sp³-hybridized carbons (Fsp3) is 0.429. The Morgan fingerprint density at radius 2 is 2.00 bits per heavy atom. The number of hydrogen-bond acceptors (Lipinski definition) is 6. The van der Waals surface area contributed by atoms with Gasteiger partial charge in [-0.15, -0.1) is 0 Å². The molecule has 0 amide bonds. The lowest BCUT2D eigenvalue weighted by Crippen LogP contribution is -2.12. The van der Waals surface area contributed by atoms with Crippen LogP contribution in [0.1, 0.15) is 67.7 Å². The fourth-order valence-electron chi connectivity index (χ4n) is 2.83. The van der Waals surface area contributed by atoms with Gasteiger partial charge < -0.3 is 10.1 Å². The van der Waals surface area contributed by atoms with Crippen LogP contribution >= 0.6 is 11.6 Å². The molecule has 1 atom stereocenters. The van der Waals surface area contributed by atoms with E-state index in [9.17, 15) is 9.59 Å². The molecule has 0 saturated heterocycles. The first kappa shape index (κ1) is 21.8. The molecule has 150 valence electrons. The van der Waals surface area contributed by atoms with Crippen molar-refractivity contribution in [3.63, 3.8) is 0 Å². The molecule has 0 fully saturated rings. The highest BCUT2D eigenvalue weighted by atomic mass is 35.5. The molecule has 28 heavy (non-hydrogen) atoms. The number of ketones is 2. The number of nitrogens with one attached hydrogen (secondary N) is 1. The van der Waals surface area contributed by atoms with Crippen molar-refractivity contribution in [2.75, 3.05) is 11.9 Å². The van der Waals surface area contributed by atoms with Crippen molar-refractivity contribution in [1.29, 1.82) is 0 Å². The molecule has 0 saturated carbocycles. The number of benzene rings is 1. The molecule has 7 heteroatoms. The first-order chi connectivity index (χ1) is 13.3. The summed E-state index contributed by atoms with van der Waals surface area (Å²) in [7, 11) is 0. The van der Waals surface area contributed by atoms with Gasteiger partial charge in [-0.05, 0) is 49.9 Å². The van der Waals surface area contributed by atoms with E-state index >= 15 is 0 Å². The normalized spacial score (nSPS) is 11.8. The Hall–Kier alpha value is -2.47. The third-order valence-corrected chi connectivity index (χ3v) is 4.53. The maximum atomic E-state index is 12.3. The van der Waals surface area contributed by atoms with Crippen molar-refractivity contribution < 1.29 is 14.3 Å². The van der Waals surface area contributed by atoms with Gasteiger partial charge in [0.15, 0.2) is 11.6 Å². The summed E-state index contributed by atoms with van der Waals surface area (Å²) in [6.45, 7) is 7.72. The maximum absolute atomic E-state index is 12.3. The molecule has 0 aliphatic heterocycles. The Labute approximate surface area is 170 Å². The van der Waals surface area contributed by atoms with Crippen LogP contribution in [0.4, 0.5) is 11.5 Å². The molecule has 0 radical (unpaired) electrons. The summed E-state index contributed by atoms with van der Waals surface area (Å²) < 4.78 is 5.95. The van der Waals surface area contributed by atoms with E-state index in [0.717, 1.165) is 19.3 Å². The predicted molar refractivity (Wildman–Crippen MR) is 111 cm³/mol. The lowest BCUT2D eigenvalue weighted by molar-refractivity contribution is 0.100. The number of carbonyl (C=O) groups excluding carboxylic acids is 2. The van der Waals surface area contributed by atoms with E-state index < -0.39 is 0 Å². The topological polar surface area (TPSA) is 81.2 Å². The van der Waals surface area contributed by atoms with Gasteiger partial charge in [-0.1, -0.05) is 32.8 Å². The van der Waals surface area contributed by atoms with E-state index in [1.54, 1.807) is 18.2 Å². The molecule has 0 aliphatic rings. The number of carbonyl (C=O) groups is 2. The van der Waals surface area contributed by atoms with Gasteiger partial charge in [-0.25, -0.2) is 4.98 Å². The van der Waals surface area contributed by atoms with Crippen LogP contribution in [0, 0.1) is 5.92 Å². The van der Waals surface area contributed by atoms with E-state index in [4.69, 9.17) is 16.3 Å². The lowest BCUT2D eigenvalue weighted by Gasteiger charge is -2.18. The van der Waals surface area contributed by atoms with E-state index in [1.165, 1.54) is 20.0 Å². The molecule has 2 aromatic rings. The minimum atomic E-state index is -0.208. The molecule has 1 aromatic heterocycles. The summed E-state index contributed by atoms with van der Waals surface area (Å²) in [5.74, 6) is 0.791. The van der Waals surface area contributed by atoms with Gasteiger partial charge >= 0.3 is 0 Å². The number of Topliss-reactive ketones (excluding diaryl/α,β-unsaturated/α-hetero) is 2. The quantitative estimate of drug-likeness (QED) is 0.417. The molecule has 0 aliphatic carbocycles. The molecule has 1 N–H and O–H groups in total. The highest BCUT2D eigenvalue weighted by Gasteiger charge is 2.18. The second kappa shape index (κ2) is 10.2. The molecule has 1 heterocycles. The summed E-state index contributed by atoms with van der Waals surface area (Å²) in [6, 6.07) is 5.30. The van der Waals surface area contributed by atoms with Crippen LogP contribution in [-0.2, 0) is 0 Å². The SMILES string of the molecule is CCCCC(C)COc1cccc(Nc2nc(Cl)ncc2C(C)=O)c1C(C)=O. The standard InChI is InChI=1S/C21H26ClN3O3/c1-5-6-8-13(2)12-28-18-10-7-9-17(19(18)15(4)27)24-20-16(14(3)26)11-23-21(22)25-20/h7,9-11,13H,5-6,8,12H2,1-4H3,(H,23,24,25). The summed E-state index contributed by atoms with van der Waals surface area (Å²) >= 11 is 5.88. The van der Waals surface area contributed by atoms with Crippen LogP contribution in [0.3, 0.4) is 0 Å². The van der Waals surface area contributed by atoms with Gasteiger partial charge in [-0.3, -0.25) is 9.59 Å². The predicted octanol–water partition coefficient (Wildman–Crippen LogP) is 5.48. The molecule has 0 spiro atoms. The average molecular weight is 404 g/mol. The van der Waals surface area contributed by atoms with Crippen molar-refractivity contribution >= 4 is 34.7 Å². The Morgan fingerprint density at radius 3 is 2.64 bits per heavy atom. The number of rotatable bonds is 10. The Balaban J connectivity index is 2.32. The van der Waals surface area contributed by atoms with Gasteiger partial charge in [0, 0.05) is 6.20 Å². The fourth-order valence-corrected chi connectivity index (χ4v) is 2.96. The van der Waals surface area contributed by atoms with E-state index in [2.05, 4.69) is 29.1 Å². The molecular weight excluding hydrogens is 378 g/mol. The number of hydrogen-bond donors (Lipinski definition) is 1. The Bertz CT molecular complexity index is 855. The molecule has 1 unspecified atom stereocenters. The summed E-state index contributed by atoms with van der Waals surface area (Å²) in [6.07, 6.45) is 4.73. The maximum Gasteiger partial charge on any atom is 0.224 e. The number of aromatic nitrogens is 2. The van der Waals surface area contributed by atoms with Gasteiger partial charge in [0.05, 0.1) is 23.4 Å². The molecule has 1 aromatic carbocycles. The first-order valence-electron chi connectivity index (χ1n) is 9.40. The first-order valence-corrected chi connectivity index (χ1v) is 9.78. The molecule has 6 nitrogen and oxygen atoms in total. The van der Waals surface area contributed by atoms with Crippen LogP contribution in [0.15, 0.2) is 24.4 Å². The number of ether oxygens (including phenoxy) is 1. The third kappa shape index (κ3) is 5.76. The monoisotopic (exact) mass is 403 g/mol. The van der Waals surface area contributed by atoms with Crippen molar-refractivity contribution in [2.24, 2.45) is 5.92 Å². The van der Waals surface area contributed by atoms with Gasteiger partial charge in [0.25, 0.3) is 0 Å². The second-order valence-electron chi connectivity index (χ2n) is 6.88. The van der Waals surface area contributed by atoms with Crippen LogP contribution in [-0.4, -0.2) is 28.1 Å². The zero-order valence-electron chi connectivity index (χ0n) is 16.7. The minimum Gasteiger partial charge on any atom is -0.492 e.